The second-order valence-corrected chi connectivity index (χ2v) is 7.81. The zero-order valence-corrected chi connectivity index (χ0v) is 16.0. The van der Waals surface area contributed by atoms with E-state index in [0.717, 1.165) is 33.2 Å². The van der Waals surface area contributed by atoms with Gasteiger partial charge in [-0.25, -0.2) is 0 Å². The highest BCUT2D eigenvalue weighted by Gasteiger charge is 2.32. The molecule has 2 aromatic carbocycles. The van der Waals surface area contributed by atoms with Gasteiger partial charge in [-0.1, -0.05) is 29.4 Å². The van der Waals surface area contributed by atoms with Crippen LogP contribution in [0.15, 0.2) is 51.9 Å². The highest BCUT2D eigenvalue weighted by Crippen LogP contribution is 2.48. The van der Waals surface area contributed by atoms with Gasteiger partial charge in [0, 0.05) is 22.0 Å². The number of halogens is 1. The molecule has 0 spiro atoms. The second kappa shape index (κ2) is 6.89. The van der Waals surface area contributed by atoms with Crippen molar-refractivity contribution in [3.05, 3.63) is 57.6 Å². The SMILES string of the molecule is COc1ccc(C2CC(=O)C3=C(C2)Nc2ccc(Cl)cc2S3)cc1OC. The van der Waals surface area contributed by atoms with Gasteiger partial charge in [0.25, 0.3) is 0 Å². The summed E-state index contributed by atoms with van der Waals surface area (Å²) < 4.78 is 10.7. The van der Waals surface area contributed by atoms with Crippen LogP contribution < -0.4 is 14.8 Å². The maximum atomic E-state index is 12.8. The van der Waals surface area contributed by atoms with Crippen LogP contribution in [-0.2, 0) is 4.79 Å². The lowest BCUT2D eigenvalue weighted by atomic mass is 9.85. The molecule has 26 heavy (non-hydrogen) atoms. The Labute approximate surface area is 161 Å². The Bertz CT molecular complexity index is 925. The number of allylic oxidation sites excluding steroid dienone is 2. The maximum absolute atomic E-state index is 12.8. The van der Waals surface area contributed by atoms with Crippen molar-refractivity contribution in [1.29, 1.82) is 0 Å². The highest BCUT2D eigenvalue weighted by atomic mass is 35.5. The van der Waals surface area contributed by atoms with Gasteiger partial charge in [-0.05, 0) is 48.2 Å². The molecule has 4 rings (SSSR count). The molecule has 0 saturated carbocycles. The van der Waals surface area contributed by atoms with Crippen LogP contribution in [0.4, 0.5) is 5.69 Å². The van der Waals surface area contributed by atoms with Crippen molar-refractivity contribution in [2.45, 2.75) is 23.7 Å². The van der Waals surface area contributed by atoms with E-state index in [1.165, 1.54) is 11.8 Å². The monoisotopic (exact) mass is 387 g/mol. The van der Waals surface area contributed by atoms with Gasteiger partial charge in [-0.3, -0.25) is 4.79 Å². The third kappa shape index (κ3) is 3.06. The molecule has 1 aliphatic heterocycles. The largest absolute Gasteiger partial charge is 0.493 e. The predicted octanol–water partition coefficient (Wildman–Crippen LogP) is 5.23. The number of ketones is 1. The molecule has 0 fully saturated rings. The minimum absolute atomic E-state index is 0.114. The van der Waals surface area contributed by atoms with Crippen LogP contribution >= 0.6 is 23.4 Å². The van der Waals surface area contributed by atoms with Crippen molar-refractivity contribution < 1.29 is 14.3 Å². The first-order valence-corrected chi connectivity index (χ1v) is 9.51. The standard InChI is InChI=1S/C20H18ClNO3S/c1-24-17-6-3-11(9-18(17)25-2)12-7-15-20(16(23)8-12)26-19-10-13(21)4-5-14(19)22-15/h3-6,9-10,12,22H,7-8H2,1-2H3. The summed E-state index contributed by atoms with van der Waals surface area (Å²) in [6.07, 6.45) is 1.27. The Morgan fingerprint density at radius 2 is 1.88 bits per heavy atom. The first-order chi connectivity index (χ1) is 12.6. The topological polar surface area (TPSA) is 47.6 Å². The Balaban J connectivity index is 1.64. The van der Waals surface area contributed by atoms with Crippen molar-refractivity contribution in [3.63, 3.8) is 0 Å². The van der Waals surface area contributed by atoms with Gasteiger partial charge in [-0.15, -0.1) is 0 Å². The zero-order valence-electron chi connectivity index (χ0n) is 14.5. The van der Waals surface area contributed by atoms with Crippen molar-refractivity contribution in [2.24, 2.45) is 0 Å². The Kier molecular flexibility index (Phi) is 4.59. The van der Waals surface area contributed by atoms with Crippen molar-refractivity contribution in [1.82, 2.24) is 0 Å². The molecule has 0 amide bonds. The molecule has 0 radical (unpaired) electrons. The fourth-order valence-electron chi connectivity index (χ4n) is 3.42. The lowest BCUT2D eigenvalue weighted by Gasteiger charge is -2.31. The minimum atomic E-state index is 0.114. The number of ether oxygens (including phenoxy) is 2. The molecule has 4 nitrogen and oxygen atoms in total. The lowest BCUT2D eigenvalue weighted by Crippen LogP contribution is -2.23. The molecular weight excluding hydrogens is 370 g/mol. The van der Waals surface area contributed by atoms with Gasteiger partial charge in [0.2, 0.25) is 0 Å². The van der Waals surface area contributed by atoms with E-state index >= 15 is 0 Å². The van der Waals surface area contributed by atoms with Crippen molar-refractivity contribution >= 4 is 34.8 Å². The van der Waals surface area contributed by atoms with Crippen LogP contribution in [0.1, 0.15) is 24.3 Å². The van der Waals surface area contributed by atoms with Gasteiger partial charge in [0.15, 0.2) is 17.3 Å². The van der Waals surface area contributed by atoms with E-state index in [0.29, 0.717) is 22.9 Å². The number of hydrogen-bond donors (Lipinski definition) is 1. The second-order valence-electron chi connectivity index (χ2n) is 6.32. The molecule has 1 atom stereocenters. The quantitative estimate of drug-likeness (QED) is 0.781. The smallest absolute Gasteiger partial charge is 0.171 e. The Morgan fingerprint density at radius 3 is 2.65 bits per heavy atom. The minimum Gasteiger partial charge on any atom is -0.493 e. The molecule has 6 heteroatoms. The van der Waals surface area contributed by atoms with Crippen LogP contribution in [-0.4, -0.2) is 20.0 Å². The van der Waals surface area contributed by atoms with Crippen LogP contribution in [0.2, 0.25) is 5.02 Å². The van der Waals surface area contributed by atoms with E-state index in [1.54, 1.807) is 14.2 Å². The van der Waals surface area contributed by atoms with Crippen LogP contribution in [0, 0.1) is 0 Å². The zero-order chi connectivity index (χ0) is 18.3. The van der Waals surface area contributed by atoms with Crippen LogP contribution in [0.25, 0.3) is 0 Å². The molecular formula is C20H18ClNO3S. The number of carbonyl (C=O) groups excluding carboxylic acids is 1. The van der Waals surface area contributed by atoms with Gasteiger partial charge in [0.05, 0.1) is 24.8 Å². The maximum Gasteiger partial charge on any atom is 0.171 e. The van der Waals surface area contributed by atoms with E-state index in [9.17, 15) is 4.79 Å². The third-order valence-electron chi connectivity index (χ3n) is 4.73. The summed E-state index contributed by atoms with van der Waals surface area (Å²) in [4.78, 5) is 14.6. The fourth-order valence-corrected chi connectivity index (χ4v) is 4.75. The molecule has 134 valence electrons. The van der Waals surface area contributed by atoms with Crippen molar-refractivity contribution in [2.75, 3.05) is 19.5 Å². The summed E-state index contributed by atoms with van der Waals surface area (Å²) in [5.41, 5.74) is 3.07. The summed E-state index contributed by atoms with van der Waals surface area (Å²) in [7, 11) is 3.24. The molecule has 0 aromatic heterocycles. The first-order valence-electron chi connectivity index (χ1n) is 8.31. The van der Waals surface area contributed by atoms with Crippen molar-refractivity contribution in [3.8, 4) is 11.5 Å². The number of fused-ring (bicyclic) bond motifs is 1. The molecule has 1 N–H and O–H groups in total. The normalized spacial score (nSPS) is 18.7. The molecule has 2 aliphatic rings. The van der Waals surface area contributed by atoms with Crippen LogP contribution in [0.5, 0.6) is 11.5 Å². The summed E-state index contributed by atoms with van der Waals surface area (Å²) in [6.45, 7) is 0. The molecule has 0 saturated heterocycles. The highest BCUT2D eigenvalue weighted by molar-refractivity contribution is 8.04. The van der Waals surface area contributed by atoms with E-state index < -0.39 is 0 Å². The first kappa shape index (κ1) is 17.3. The number of nitrogens with one attached hydrogen (secondary N) is 1. The number of methoxy groups -OCH3 is 2. The lowest BCUT2D eigenvalue weighted by molar-refractivity contribution is -0.115. The van der Waals surface area contributed by atoms with E-state index in [4.69, 9.17) is 21.1 Å². The molecule has 1 unspecified atom stereocenters. The number of Topliss-reactive ketones (excluding diaryl/α,β-unsaturated/α-hetero) is 1. The predicted molar refractivity (Wildman–Crippen MR) is 104 cm³/mol. The summed E-state index contributed by atoms with van der Waals surface area (Å²) in [5, 5.41) is 4.11. The molecule has 2 aromatic rings. The number of anilines is 1. The summed E-state index contributed by atoms with van der Waals surface area (Å²) in [5.74, 6) is 1.65. The third-order valence-corrected chi connectivity index (χ3v) is 6.20. The fraction of sp³-hybridized carbons (Fsp3) is 0.250. The van der Waals surface area contributed by atoms with Gasteiger partial charge >= 0.3 is 0 Å². The number of rotatable bonds is 3. The van der Waals surface area contributed by atoms with E-state index in [-0.39, 0.29) is 11.7 Å². The average molecular weight is 388 g/mol. The van der Waals surface area contributed by atoms with E-state index in [2.05, 4.69) is 5.32 Å². The average Bonchev–Trinajstić information content (AvgIpc) is 2.66. The molecule has 0 bridgehead atoms. The Morgan fingerprint density at radius 1 is 1.08 bits per heavy atom. The molecule has 1 aliphatic carbocycles. The molecule has 1 heterocycles. The summed E-state index contributed by atoms with van der Waals surface area (Å²) >= 11 is 7.59. The number of benzene rings is 2. The van der Waals surface area contributed by atoms with Gasteiger partial charge < -0.3 is 14.8 Å². The number of thioether (sulfide) groups is 1. The van der Waals surface area contributed by atoms with Crippen LogP contribution in [0.3, 0.4) is 0 Å². The van der Waals surface area contributed by atoms with E-state index in [1.807, 2.05) is 36.4 Å². The summed E-state index contributed by atoms with van der Waals surface area (Å²) in [6, 6.07) is 11.6. The number of hydrogen-bond acceptors (Lipinski definition) is 5. The van der Waals surface area contributed by atoms with Gasteiger partial charge in [-0.2, -0.15) is 0 Å². The van der Waals surface area contributed by atoms with Gasteiger partial charge in [0.1, 0.15) is 0 Å². The Hall–Kier alpha value is -2.11. The number of carbonyl (C=O) groups is 1.